The number of anilines is 1. The van der Waals surface area contributed by atoms with Crippen LogP contribution >= 0.6 is 0 Å². The van der Waals surface area contributed by atoms with Crippen molar-refractivity contribution in [2.45, 2.75) is 53.9 Å². The van der Waals surface area contributed by atoms with Gasteiger partial charge in [0, 0.05) is 24.7 Å². The van der Waals surface area contributed by atoms with Crippen LogP contribution in [0.3, 0.4) is 0 Å². The minimum atomic E-state index is 0.231. The first-order valence-corrected chi connectivity index (χ1v) is 6.55. The zero-order valence-corrected chi connectivity index (χ0v) is 11.8. The molecule has 1 aromatic rings. The highest BCUT2D eigenvalue weighted by atomic mass is 15.0. The first-order valence-electron chi connectivity index (χ1n) is 6.55. The van der Waals surface area contributed by atoms with E-state index in [2.05, 4.69) is 56.0 Å². The van der Waals surface area contributed by atoms with Crippen LogP contribution in [0.15, 0.2) is 6.07 Å². The van der Waals surface area contributed by atoms with Crippen molar-refractivity contribution in [1.82, 2.24) is 9.97 Å². The molecule has 0 atom stereocenters. The number of rotatable bonds is 5. The van der Waals surface area contributed by atoms with Gasteiger partial charge in [-0.15, -0.1) is 0 Å². The Morgan fingerprint density at radius 2 is 1.88 bits per heavy atom. The summed E-state index contributed by atoms with van der Waals surface area (Å²) in [6.45, 7) is 11.9. The molecule has 1 N–H and O–H groups in total. The van der Waals surface area contributed by atoms with Gasteiger partial charge in [0.25, 0.3) is 0 Å². The van der Waals surface area contributed by atoms with E-state index in [0.29, 0.717) is 0 Å². The molecule has 0 aliphatic carbocycles. The maximum atomic E-state index is 4.59. The van der Waals surface area contributed by atoms with Crippen LogP contribution in [0.2, 0.25) is 0 Å². The Bertz CT molecular complexity index is 353. The summed E-state index contributed by atoms with van der Waals surface area (Å²) in [4.78, 5) is 9.18. The molecule has 1 heterocycles. The van der Waals surface area contributed by atoms with Gasteiger partial charge in [-0.1, -0.05) is 34.6 Å². The normalized spacial score (nSPS) is 11.6. The summed E-state index contributed by atoms with van der Waals surface area (Å²) >= 11 is 0. The average Bonchev–Trinajstić information content (AvgIpc) is 2.23. The Balaban J connectivity index is 2.88. The molecule has 0 fully saturated rings. The highest BCUT2D eigenvalue weighted by Crippen LogP contribution is 2.19. The Hall–Kier alpha value is -1.12. The predicted molar refractivity (Wildman–Crippen MR) is 73.3 cm³/mol. The van der Waals surface area contributed by atoms with Gasteiger partial charge in [0.2, 0.25) is 0 Å². The van der Waals surface area contributed by atoms with Crippen LogP contribution in [0.25, 0.3) is 0 Å². The van der Waals surface area contributed by atoms with E-state index in [1.54, 1.807) is 0 Å². The number of hydrogen-bond acceptors (Lipinski definition) is 3. The molecule has 1 rings (SSSR count). The maximum Gasteiger partial charge on any atom is 0.131 e. The summed E-state index contributed by atoms with van der Waals surface area (Å²) in [5.74, 6) is 1.92. The van der Waals surface area contributed by atoms with Crippen molar-refractivity contribution < 1.29 is 0 Å². The van der Waals surface area contributed by atoms with Crippen LogP contribution in [0, 0.1) is 5.41 Å². The second-order valence-electron chi connectivity index (χ2n) is 5.68. The summed E-state index contributed by atoms with van der Waals surface area (Å²) in [6.07, 6.45) is 2.99. The van der Waals surface area contributed by atoms with Gasteiger partial charge in [-0.05, 0) is 18.3 Å². The average molecular weight is 235 g/mol. The van der Waals surface area contributed by atoms with Gasteiger partial charge in [0.05, 0.1) is 0 Å². The number of hydrogen-bond donors (Lipinski definition) is 1. The van der Waals surface area contributed by atoms with E-state index in [1.807, 2.05) is 0 Å². The van der Waals surface area contributed by atoms with Crippen LogP contribution in [0.5, 0.6) is 0 Å². The monoisotopic (exact) mass is 235 g/mol. The molecular weight excluding hydrogens is 210 g/mol. The van der Waals surface area contributed by atoms with Crippen molar-refractivity contribution in [3.05, 3.63) is 17.6 Å². The van der Waals surface area contributed by atoms with Crippen LogP contribution in [-0.4, -0.2) is 16.5 Å². The van der Waals surface area contributed by atoms with Crippen molar-refractivity contribution in [1.29, 1.82) is 0 Å². The Morgan fingerprint density at radius 3 is 2.41 bits per heavy atom. The fraction of sp³-hybridized carbons (Fsp3) is 0.714. The van der Waals surface area contributed by atoms with E-state index in [0.717, 1.165) is 43.1 Å². The molecule has 17 heavy (non-hydrogen) atoms. The summed E-state index contributed by atoms with van der Waals surface area (Å²) in [7, 11) is 0. The van der Waals surface area contributed by atoms with Gasteiger partial charge >= 0.3 is 0 Å². The summed E-state index contributed by atoms with van der Waals surface area (Å²) in [6, 6.07) is 2.06. The fourth-order valence-corrected chi connectivity index (χ4v) is 1.63. The van der Waals surface area contributed by atoms with E-state index < -0.39 is 0 Å². The molecule has 1 aromatic heterocycles. The van der Waals surface area contributed by atoms with Gasteiger partial charge in [-0.2, -0.15) is 0 Å². The first kappa shape index (κ1) is 13.9. The molecule has 0 spiro atoms. The van der Waals surface area contributed by atoms with Crippen molar-refractivity contribution in [3.8, 4) is 0 Å². The topological polar surface area (TPSA) is 37.8 Å². The molecule has 96 valence electrons. The van der Waals surface area contributed by atoms with Crippen molar-refractivity contribution in [2.24, 2.45) is 5.41 Å². The summed E-state index contributed by atoms with van der Waals surface area (Å²) in [5.41, 5.74) is 1.35. The molecule has 0 saturated heterocycles. The van der Waals surface area contributed by atoms with Gasteiger partial charge in [-0.3, -0.25) is 0 Å². The number of aryl methyl sites for hydroxylation is 1. The molecule has 0 aromatic carbocycles. The third kappa shape index (κ3) is 5.16. The van der Waals surface area contributed by atoms with Gasteiger partial charge in [0.1, 0.15) is 11.6 Å². The largest absolute Gasteiger partial charge is 0.370 e. The lowest BCUT2D eigenvalue weighted by molar-refractivity contribution is 0.400. The Morgan fingerprint density at radius 1 is 1.18 bits per heavy atom. The second-order valence-corrected chi connectivity index (χ2v) is 5.68. The quantitative estimate of drug-likeness (QED) is 0.849. The second kappa shape index (κ2) is 5.99. The molecule has 3 nitrogen and oxygen atoms in total. The molecular formula is C14H25N3. The van der Waals surface area contributed by atoms with E-state index in [1.165, 1.54) is 0 Å². The Kier molecular flexibility index (Phi) is 4.91. The fourth-order valence-electron chi connectivity index (χ4n) is 1.63. The molecule has 0 saturated carbocycles. The lowest BCUT2D eigenvalue weighted by atomic mass is 9.92. The van der Waals surface area contributed by atoms with Crippen LogP contribution < -0.4 is 5.32 Å². The highest BCUT2D eigenvalue weighted by molar-refractivity contribution is 5.36. The minimum absolute atomic E-state index is 0.231. The van der Waals surface area contributed by atoms with Crippen molar-refractivity contribution >= 4 is 5.82 Å². The van der Waals surface area contributed by atoms with Crippen LogP contribution in [0.4, 0.5) is 5.82 Å². The Labute approximate surface area is 105 Å². The van der Waals surface area contributed by atoms with E-state index in [-0.39, 0.29) is 5.41 Å². The SMILES string of the molecule is CCCNc1cc(CC)nc(CC(C)(C)C)n1. The first-order chi connectivity index (χ1) is 7.94. The summed E-state index contributed by atoms with van der Waals surface area (Å²) < 4.78 is 0. The smallest absolute Gasteiger partial charge is 0.131 e. The van der Waals surface area contributed by atoms with Crippen LogP contribution in [-0.2, 0) is 12.8 Å². The van der Waals surface area contributed by atoms with Gasteiger partial charge in [-0.25, -0.2) is 9.97 Å². The lowest BCUT2D eigenvalue weighted by Crippen LogP contribution is -2.14. The number of nitrogens with zero attached hydrogens (tertiary/aromatic N) is 2. The van der Waals surface area contributed by atoms with E-state index >= 15 is 0 Å². The van der Waals surface area contributed by atoms with Crippen molar-refractivity contribution in [3.63, 3.8) is 0 Å². The zero-order valence-electron chi connectivity index (χ0n) is 11.8. The molecule has 0 radical (unpaired) electrons. The standard InChI is InChI=1S/C14H25N3/c1-6-8-15-12-9-11(7-2)16-13(17-12)10-14(3,4)5/h9H,6-8,10H2,1-5H3,(H,15,16,17). The third-order valence-corrected chi connectivity index (χ3v) is 2.43. The van der Waals surface area contributed by atoms with E-state index in [4.69, 9.17) is 0 Å². The molecule has 0 unspecified atom stereocenters. The number of nitrogens with one attached hydrogen (secondary N) is 1. The molecule has 3 heteroatoms. The van der Waals surface area contributed by atoms with E-state index in [9.17, 15) is 0 Å². The molecule has 0 amide bonds. The lowest BCUT2D eigenvalue weighted by Gasteiger charge is -2.18. The van der Waals surface area contributed by atoms with Gasteiger partial charge in [0.15, 0.2) is 0 Å². The van der Waals surface area contributed by atoms with Crippen molar-refractivity contribution in [2.75, 3.05) is 11.9 Å². The zero-order chi connectivity index (χ0) is 12.9. The predicted octanol–water partition coefficient (Wildman–Crippen LogP) is 3.45. The maximum absolute atomic E-state index is 4.59. The van der Waals surface area contributed by atoms with Gasteiger partial charge < -0.3 is 5.32 Å². The summed E-state index contributed by atoms with van der Waals surface area (Å²) in [5, 5.41) is 3.34. The highest BCUT2D eigenvalue weighted by Gasteiger charge is 2.14. The molecule has 0 aliphatic rings. The van der Waals surface area contributed by atoms with Crippen LogP contribution in [0.1, 0.15) is 52.6 Å². The molecule has 0 bridgehead atoms. The number of aromatic nitrogens is 2. The third-order valence-electron chi connectivity index (χ3n) is 2.43. The minimum Gasteiger partial charge on any atom is -0.370 e. The molecule has 0 aliphatic heterocycles.